The van der Waals surface area contributed by atoms with E-state index in [-0.39, 0.29) is 18.1 Å². The first-order chi connectivity index (χ1) is 12.0. The van der Waals surface area contributed by atoms with Crippen molar-refractivity contribution in [3.05, 3.63) is 18.7 Å². The normalized spacial score (nSPS) is 32.1. The Morgan fingerprint density at radius 1 is 1.32 bits per heavy atom. The molecule has 1 aliphatic carbocycles. The van der Waals surface area contributed by atoms with Crippen molar-refractivity contribution >= 4 is 23.3 Å². The largest absolute Gasteiger partial charge is 0.465 e. The van der Waals surface area contributed by atoms with Crippen molar-refractivity contribution in [2.24, 2.45) is 11.8 Å². The molecule has 138 valence electrons. The fourth-order valence-corrected chi connectivity index (χ4v) is 5.03. The van der Waals surface area contributed by atoms with Gasteiger partial charge in [0, 0.05) is 25.4 Å². The molecule has 1 amide bonds. The molecule has 0 bridgehead atoms. The van der Waals surface area contributed by atoms with Crippen LogP contribution in [0.4, 0.5) is 0 Å². The van der Waals surface area contributed by atoms with Crippen LogP contribution in [0, 0.1) is 11.8 Å². The number of aromatic nitrogens is 2. The van der Waals surface area contributed by atoms with E-state index in [1.165, 1.54) is 6.42 Å². The molecule has 1 saturated carbocycles. The molecule has 2 heterocycles. The highest BCUT2D eigenvalue weighted by atomic mass is 32.1. The highest BCUT2D eigenvalue weighted by Crippen LogP contribution is 2.43. The highest BCUT2D eigenvalue weighted by Gasteiger charge is 2.48. The van der Waals surface area contributed by atoms with E-state index in [9.17, 15) is 4.79 Å². The molecule has 0 N–H and O–H groups in total. The first-order valence-corrected chi connectivity index (χ1v) is 9.91. The molecule has 0 unspecified atom stereocenters. The van der Waals surface area contributed by atoms with Gasteiger partial charge in [0.1, 0.15) is 12.4 Å². The lowest BCUT2D eigenvalue weighted by Gasteiger charge is -2.53. The van der Waals surface area contributed by atoms with Gasteiger partial charge in [-0.1, -0.05) is 20.3 Å². The minimum Gasteiger partial charge on any atom is -0.465 e. The highest BCUT2D eigenvalue weighted by molar-refractivity contribution is 7.80. The zero-order valence-corrected chi connectivity index (χ0v) is 16.2. The van der Waals surface area contributed by atoms with Crippen molar-refractivity contribution in [3.63, 3.8) is 0 Å². The number of nitrogens with zero attached hydrogens (tertiary/aromatic N) is 3. The first-order valence-electron chi connectivity index (χ1n) is 9.50. The Morgan fingerprint density at radius 2 is 2.12 bits per heavy atom. The van der Waals surface area contributed by atoms with Gasteiger partial charge in [0.05, 0.1) is 6.04 Å². The average molecular weight is 364 g/mol. The van der Waals surface area contributed by atoms with Crippen LogP contribution in [0.2, 0.25) is 0 Å². The quantitative estimate of drug-likeness (QED) is 0.770. The van der Waals surface area contributed by atoms with E-state index in [1.54, 1.807) is 30.2 Å². The topological polar surface area (TPSA) is 47.4 Å². The molecule has 1 saturated heterocycles. The van der Waals surface area contributed by atoms with Gasteiger partial charge >= 0.3 is 0 Å². The van der Waals surface area contributed by atoms with Gasteiger partial charge < -0.3 is 9.64 Å². The Kier molecular flexibility index (Phi) is 5.77. The van der Waals surface area contributed by atoms with Crippen LogP contribution >= 0.6 is 12.2 Å². The van der Waals surface area contributed by atoms with Crippen LogP contribution in [0.1, 0.15) is 59.3 Å². The molecular formula is C19H29N3O2S. The van der Waals surface area contributed by atoms with Crippen LogP contribution < -0.4 is 0 Å². The standard InChI is InChI=1S/C19H29N3O2S/c1-4-5-15-7-8-16-13(2)6-9-17(18(16)22(15)14(3)23)24-19(25)21-11-10-20-12-21/h10-13,15-18H,4-9H2,1-3H3/t13-,15-,16+,17-,18+/m1/s1. The molecule has 1 aromatic heterocycles. The molecule has 5 atom stereocenters. The van der Waals surface area contributed by atoms with E-state index >= 15 is 0 Å². The van der Waals surface area contributed by atoms with Crippen molar-refractivity contribution < 1.29 is 9.53 Å². The number of hydrogen-bond acceptors (Lipinski definition) is 4. The molecular weight excluding hydrogens is 334 g/mol. The third-order valence-corrected chi connectivity index (χ3v) is 6.26. The Labute approximate surface area is 155 Å². The van der Waals surface area contributed by atoms with E-state index in [0.717, 1.165) is 32.1 Å². The van der Waals surface area contributed by atoms with Crippen molar-refractivity contribution in [2.45, 2.75) is 77.5 Å². The second-order valence-electron chi connectivity index (χ2n) is 7.55. The molecule has 1 aromatic rings. The average Bonchev–Trinajstić information content (AvgIpc) is 3.12. The maximum Gasteiger partial charge on any atom is 0.269 e. The summed E-state index contributed by atoms with van der Waals surface area (Å²) in [5.74, 6) is 1.29. The lowest BCUT2D eigenvalue weighted by molar-refractivity contribution is -0.148. The molecule has 0 aromatic carbocycles. The van der Waals surface area contributed by atoms with Crippen molar-refractivity contribution in [3.8, 4) is 0 Å². The van der Waals surface area contributed by atoms with E-state index < -0.39 is 0 Å². The summed E-state index contributed by atoms with van der Waals surface area (Å²) in [4.78, 5) is 18.7. The van der Waals surface area contributed by atoms with Crippen LogP contribution in [0.25, 0.3) is 0 Å². The van der Waals surface area contributed by atoms with Gasteiger partial charge in [-0.15, -0.1) is 0 Å². The third-order valence-electron chi connectivity index (χ3n) is 5.96. The smallest absolute Gasteiger partial charge is 0.269 e. The molecule has 0 radical (unpaired) electrons. The van der Waals surface area contributed by atoms with E-state index in [2.05, 4.69) is 23.7 Å². The van der Waals surface area contributed by atoms with Gasteiger partial charge in [-0.05, 0) is 56.2 Å². The van der Waals surface area contributed by atoms with E-state index in [4.69, 9.17) is 17.0 Å². The number of hydrogen-bond donors (Lipinski definition) is 0. The first kappa shape index (κ1) is 18.4. The molecule has 3 rings (SSSR count). The minimum atomic E-state index is -0.0281. The third kappa shape index (κ3) is 3.73. The number of likely N-dealkylation sites (tertiary alicyclic amines) is 1. The molecule has 25 heavy (non-hydrogen) atoms. The Hall–Kier alpha value is -1.43. The van der Waals surface area contributed by atoms with Crippen LogP contribution in [-0.2, 0) is 9.53 Å². The fourth-order valence-electron chi connectivity index (χ4n) is 4.80. The van der Waals surface area contributed by atoms with Gasteiger partial charge in [0.2, 0.25) is 5.91 Å². The van der Waals surface area contributed by atoms with Crippen LogP contribution in [0.3, 0.4) is 0 Å². The predicted octanol–water partition coefficient (Wildman–Crippen LogP) is 3.63. The molecule has 6 heteroatoms. The number of carbonyl (C=O) groups excluding carboxylic acids is 1. The second kappa shape index (κ2) is 7.85. The summed E-state index contributed by atoms with van der Waals surface area (Å²) >= 11 is 5.46. The summed E-state index contributed by atoms with van der Waals surface area (Å²) < 4.78 is 7.95. The number of thiocarbonyl (C=S) groups is 1. The monoisotopic (exact) mass is 363 g/mol. The number of fused-ring (bicyclic) bond motifs is 1. The van der Waals surface area contributed by atoms with Crippen molar-refractivity contribution in [1.29, 1.82) is 0 Å². The molecule has 1 aliphatic heterocycles. The van der Waals surface area contributed by atoms with E-state index in [0.29, 0.717) is 23.1 Å². The summed E-state index contributed by atoms with van der Waals surface area (Å²) in [5.41, 5.74) is 0. The SMILES string of the molecule is CCC[C@@H]1CC[C@@H]2[C@@H]([C@H](OC(=S)n3ccnc3)CC[C@H]2C)N1C(C)=O. The number of rotatable bonds is 3. The summed E-state index contributed by atoms with van der Waals surface area (Å²) in [7, 11) is 0. The van der Waals surface area contributed by atoms with Crippen LogP contribution in [0.5, 0.6) is 0 Å². The van der Waals surface area contributed by atoms with E-state index in [1.807, 2.05) is 0 Å². The lowest BCUT2D eigenvalue weighted by atomic mass is 9.69. The van der Waals surface area contributed by atoms with Gasteiger partial charge in [0.15, 0.2) is 0 Å². The molecule has 2 fully saturated rings. The van der Waals surface area contributed by atoms with Crippen molar-refractivity contribution in [2.75, 3.05) is 0 Å². The fraction of sp³-hybridized carbons (Fsp3) is 0.737. The summed E-state index contributed by atoms with van der Waals surface area (Å²) in [6.45, 7) is 6.21. The molecule has 2 aliphatic rings. The maximum atomic E-state index is 12.5. The zero-order chi connectivity index (χ0) is 18.0. The van der Waals surface area contributed by atoms with Crippen LogP contribution in [0.15, 0.2) is 18.7 Å². The molecule has 0 spiro atoms. The Balaban J connectivity index is 1.84. The van der Waals surface area contributed by atoms with Crippen molar-refractivity contribution in [1.82, 2.24) is 14.5 Å². The summed E-state index contributed by atoms with van der Waals surface area (Å²) in [6, 6.07) is 0.468. The van der Waals surface area contributed by atoms with Gasteiger partial charge in [-0.3, -0.25) is 9.36 Å². The zero-order valence-electron chi connectivity index (χ0n) is 15.4. The maximum absolute atomic E-state index is 12.5. The second-order valence-corrected chi connectivity index (χ2v) is 7.90. The Bertz CT molecular complexity index is 604. The van der Waals surface area contributed by atoms with Gasteiger partial charge in [0.25, 0.3) is 5.17 Å². The number of ether oxygens (including phenoxy) is 1. The number of amides is 1. The minimum absolute atomic E-state index is 0.0281. The number of carbonyl (C=O) groups is 1. The Morgan fingerprint density at radius 3 is 2.76 bits per heavy atom. The number of piperidine rings is 1. The van der Waals surface area contributed by atoms with Gasteiger partial charge in [-0.2, -0.15) is 0 Å². The molecule has 5 nitrogen and oxygen atoms in total. The number of imidazole rings is 1. The predicted molar refractivity (Wildman–Crippen MR) is 101 cm³/mol. The van der Waals surface area contributed by atoms with Gasteiger partial charge in [-0.25, -0.2) is 4.98 Å². The van der Waals surface area contributed by atoms with Crippen LogP contribution in [-0.4, -0.2) is 43.7 Å². The summed E-state index contributed by atoms with van der Waals surface area (Å²) in [5, 5.41) is 0.428. The summed E-state index contributed by atoms with van der Waals surface area (Å²) in [6.07, 6.45) is 11.7. The lowest BCUT2D eigenvalue weighted by Crippen LogP contribution is -2.61.